The summed E-state index contributed by atoms with van der Waals surface area (Å²) in [7, 11) is 0. The van der Waals surface area contributed by atoms with Gasteiger partial charge in [-0.15, -0.1) is 24.0 Å². The molecule has 0 aromatic heterocycles. The van der Waals surface area contributed by atoms with Gasteiger partial charge in [0, 0.05) is 0 Å². The summed E-state index contributed by atoms with van der Waals surface area (Å²) < 4.78 is 0. The third-order valence-corrected chi connectivity index (χ3v) is 0.667. The third kappa shape index (κ3) is 7.95. The zero-order chi connectivity index (χ0) is 6.24. The van der Waals surface area contributed by atoms with Crippen LogP contribution in [-0.2, 0) is 0 Å². The molecule has 0 aliphatic rings. The summed E-state index contributed by atoms with van der Waals surface area (Å²) >= 11 is 0. The zero-order valence-electron chi connectivity index (χ0n) is 5.87. The van der Waals surface area contributed by atoms with Crippen LogP contribution < -0.4 is 0 Å². The van der Waals surface area contributed by atoms with Crippen LogP contribution in [-0.4, -0.2) is 0 Å². The number of benzene rings is 1. The summed E-state index contributed by atoms with van der Waals surface area (Å²) in [4.78, 5) is 0. The topological polar surface area (TPSA) is 0 Å². The first-order valence-electron chi connectivity index (χ1n) is 3.00. The van der Waals surface area contributed by atoms with E-state index in [2.05, 4.69) is 0 Å². The molecule has 0 spiro atoms. The largest absolute Gasteiger partial charge is 0.107 e. The van der Waals surface area contributed by atoms with Gasteiger partial charge in [0.05, 0.1) is 0 Å². The van der Waals surface area contributed by atoms with Gasteiger partial charge in [0.1, 0.15) is 0 Å². The fourth-order valence-corrected chi connectivity index (χ4v) is 0.385. The minimum absolute atomic E-state index is 0. The second-order valence-electron chi connectivity index (χ2n) is 1.15. The molecule has 0 bridgehead atoms. The lowest BCUT2D eigenvalue weighted by molar-refractivity contribution is 1.50. The number of hydrogen-bond donors (Lipinski definition) is 0. The van der Waals surface area contributed by atoms with Gasteiger partial charge in [-0.25, -0.2) is 0 Å². The Labute approximate surface area is 74.3 Å². The SMILES string of the molecule is CC.I.c1ccccc1. The summed E-state index contributed by atoms with van der Waals surface area (Å²) in [6.07, 6.45) is 0. The zero-order valence-corrected chi connectivity index (χ0v) is 8.20. The molecule has 0 saturated heterocycles. The summed E-state index contributed by atoms with van der Waals surface area (Å²) in [5, 5.41) is 0. The second-order valence-corrected chi connectivity index (χ2v) is 1.15. The molecule has 1 rings (SSSR count). The lowest BCUT2D eigenvalue weighted by Crippen LogP contribution is -1.47. The standard InChI is InChI=1S/C6H6.C2H6.HI/c1-2-4-6-5-3-1;1-2;/h1-6H;1-2H3;1H. The van der Waals surface area contributed by atoms with Gasteiger partial charge >= 0.3 is 0 Å². The highest BCUT2D eigenvalue weighted by molar-refractivity contribution is 14.0. The molecule has 0 aliphatic heterocycles. The van der Waals surface area contributed by atoms with Crippen molar-refractivity contribution in [2.24, 2.45) is 0 Å². The van der Waals surface area contributed by atoms with Crippen LogP contribution >= 0.6 is 24.0 Å². The molecule has 52 valence electrons. The molecule has 0 heterocycles. The van der Waals surface area contributed by atoms with E-state index < -0.39 is 0 Å². The minimum atomic E-state index is 0. The smallest absolute Gasteiger partial charge is 0.0623 e. The molecule has 0 radical (unpaired) electrons. The highest BCUT2D eigenvalue weighted by atomic mass is 127. The lowest BCUT2D eigenvalue weighted by Gasteiger charge is -1.69. The highest BCUT2D eigenvalue weighted by Gasteiger charge is 1.57. The first-order chi connectivity index (χ1) is 4.00. The van der Waals surface area contributed by atoms with Gasteiger partial charge in [0.15, 0.2) is 0 Å². The molecule has 0 N–H and O–H groups in total. The minimum Gasteiger partial charge on any atom is -0.107 e. The maximum atomic E-state index is 2.00. The maximum absolute atomic E-state index is 2.00. The van der Waals surface area contributed by atoms with E-state index in [-0.39, 0.29) is 24.0 Å². The molecule has 0 atom stereocenters. The maximum Gasteiger partial charge on any atom is -0.0623 e. The molecular weight excluding hydrogens is 223 g/mol. The Bertz CT molecular complexity index is 76.5. The van der Waals surface area contributed by atoms with Crippen molar-refractivity contribution in [2.75, 3.05) is 0 Å². The molecule has 1 heteroatoms. The van der Waals surface area contributed by atoms with E-state index in [1.54, 1.807) is 0 Å². The molecular formula is C8H13I. The monoisotopic (exact) mass is 236 g/mol. The van der Waals surface area contributed by atoms with Crippen molar-refractivity contribution >= 4 is 24.0 Å². The highest BCUT2D eigenvalue weighted by Crippen LogP contribution is 1.79. The summed E-state index contributed by atoms with van der Waals surface area (Å²) in [5.74, 6) is 0. The van der Waals surface area contributed by atoms with E-state index in [0.717, 1.165) is 0 Å². The predicted molar refractivity (Wildman–Crippen MR) is 53.2 cm³/mol. The van der Waals surface area contributed by atoms with Gasteiger partial charge in [0.25, 0.3) is 0 Å². The van der Waals surface area contributed by atoms with Crippen LogP contribution in [0.5, 0.6) is 0 Å². The number of halogens is 1. The van der Waals surface area contributed by atoms with E-state index in [1.807, 2.05) is 50.2 Å². The normalized spacial score (nSPS) is 6.00. The molecule has 0 aliphatic carbocycles. The Kier molecular flexibility index (Phi) is 14.1. The van der Waals surface area contributed by atoms with Crippen LogP contribution in [0.3, 0.4) is 0 Å². The van der Waals surface area contributed by atoms with Gasteiger partial charge in [0.2, 0.25) is 0 Å². The predicted octanol–water partition coefficient (Wildman–Crippen LogP) is 3.33. The van der Waals surface area contributed by atoms with Gasteiger partial charge in [-0.2, -0.15) is 0 Å². The van der Waals surface area contributed by atoms with E-state index in [4.69, 9.17) is 0 Å². The molecule has 1 aromatic carbocycles. The summed E-state index contributed by atoms with van der Waals surface area (Å²) in [6.45, 7) is 4.00. The Balaban J connectivity index is 0. The average molecular weight is 236 g/mol. The van der Waals surface area contributed by atoms with Crippen LogP contribution in [0.1, 0.15) is 13.8 Å². The molecule has 0 fully saturated rings. The van der Waals surface area contributed by atoms with Crippen LogP contribution in [0, 0.1) is 0 Å². The Hall–Kier alpha value is -0.0500. The van der Waals surface area contributed by atoms with E-state index in [9.17, 15) is 0 Å². The Morgan fingerprint density at radius 3 is 0.778 bits per heavy atom. The van der Waals surface area contributed by atoms with Crippen molar-refractivity contribution in [1.29, 1.82) is 0 Å². The fourth-order valence-electron chi connectivity index (χ4n) is 0.385. The molecule has 0 amide bonds. The van der Waals surface area contributed by atoms with Crippen molar-refractivity contribution in [3.8, 4) is 0 Å². The van der Waals surface area contributed by atoms with Crippen LogP contribution in [0.2, 0.25) is 0 Å². The van der Waals surface area contributed by atoms with E-state index in [0.29, 0.717) is 0 Å². The van der Waals surface area contributed by atoms with Crippen molar-refractivity contribution in [1.82, 2.24) is 0 Å². The summed E-state index contributed by atoms with van der Waals surface area (Å²) in [5.41, 5.74) is 0. The van der Waals surface area contributed by atoms with Gasteiger partial charge < -0.3 is 0 Å². The molecule has 0 nitrogen and oxygen atoms in total. The number of rotatable bonds is 0. The fraction of sp³-hybridized carbons (Fsp3) is 0.250. The first kappa shape index (κ1) is 11.7. The van der Waals surface area contributed by atoms with Crippen LogP contribution in [0.15, 0.2) is 36.4 Å². The number of hydrogen-bond acceptors (Lipinski definition) is 0. The molecule has 9 heavy (non-hydrogen) atoms. The van der Waals surface area contributed by atoms with Crippen LogP contribution in [0.4, 0.5) is 0 Å². The van der Waals surface area contributed by atoms with Crippen molar-refractivity contribution < 1.29 is 0 Å². The molecule has 1 aromatic rings. The van der Waals surface area contributed by atoms with Gasteiger partial charge in [-0.3, -0.25) is 0 Å². The Morgan fingerprint density at radius 1 is 0.556 bits per heavy atom. The lowest BCUT2D eigenvalue weighted by atomic mass is 10.4. The second kappa shape index (κ2) is 10.8. The van der Waals surface area contributed by atoms with E-state index >= 15 is 0 Å². The Morgan fingerprint density at radius 2 is 0.667 bits per heavy atom. The van der Waals surface area contributed by atoms with Crippen LogP contribution in [0.25, 0.3) is 0 Å². The third-order valence-electron chi connectivity index (χ3n) is 0.667. The quantitative estimate of drug-likeness (QED) is 0.606. The first-order valence-corrected chi connectivity index (χ1v) is 3.00. The van der Waals surface area contributed by atoms with Crippen molar-refractivity contribution in [3.63, 3.8) is 0 Å². The molecule has 0 saturated carbocycles. The van der Waals surface area contributed by atoms with Crippen molar-refractivity contribution in [3.05, 3.63) is 36.4 Å². The van der Waals surface area contributed by atoms with Gasteiger partial charge in [-0.1, -0.05) is 50.2 Å². The average Bonchev–Trinajstić information content (AvgIpc) is 1.96. The summed E-state index contributed by atoms with van der Waals surface area (Å²) in [6, 6.07) is 12.0. The van der Waals surface area contributed by atoms with Crippen molar-refractivity contribution in [2.45, 2.75) is 13.8 Å². The molecule has 0 unspecified atom stereocenters. The van der Waals surface area contributed by atoms with Gasteiger partial charge in [-0.05, 0) is 0 Å². The van der Waals surface area contributed by atoms with E-state index in [1.165, 1.54) is 0 Å².